The van der Waals surface area contributed by atoms with Crippen LogP contribution in [0.3, 0.4) is 0 Å². The quantitative estimate of drug-likeness (QED) is 0.584. The predicted molar refractivity (Wildman–Crippen MR) is 76.3 cm³/mol. The first-order chi connectivity index (χ1) is 8.34. The van der Waals surface area contributed by atoms with Gasteiger partial charge in [0.15, 0.2) is 0 Å². The Bertz CT molecular complexity index is 753. The van der Waals surface area contributed by atoms with Crippen LogP contribution in [0.4, 0.5) is 0 Å². The first-order valence-corrected chi connectivity index (χ1v) is 6.58. The molecular formula is C16H15B. The molecule has 2 aliphatic rings. The summed E-state index contributed by atoms with van der Waals surface area (Å²) in [5.41, 5.74) is 4.67. The molecule has 0 saturated heterocycles. The van der Waals surface area contributed by atoms with E-state index < -0.39 is 0 Å². The van der Waals surface area contributed by atoms with E-state index in [4.69, 9.17) is 0 Å². The molecular weight excluding hydrogens is 203 g/mol. The molecule has 2 aliphatic carbocycles. The van der Waals surface area contributed by atoms with Crippen molar-refractivity contribution >= 4 is 30.2 Å². The van der Waals surface area contributed by atoms with Gasteiger partial charge in [-0.25, -0.2) is 0 Å². The second kappa shape index (κ2) is 3.26. The fourth-order valence-electron chi connectivity index (χ4n) is 3.45. The number of aryl methyl sites for hydroxylation is 2. The van der Waals surface area contributed by atoms with E-state index in [0.717, 1.165) is 0 Å². The van der Waals surface area contributed by atoms with Gasteiger partial charge in [-0.3, -0.25) is 0 Å². The van der Waals surface area contributed by atoms with Crippen LogP contribution in [0, 0.1) is 0 Å². The average molecular weight is 218 g/mol. The van der Waals surface area contributed by atoms with E-state index in [9.17, 15) is 0 Å². The van der Waals surface area contributed by atoms with Gasteiger partial charge in [-0.05, 0) is 58.0 Å². The summed E-state index contributed by atoms with van der Waals surface area (Å²) in [5.74, 6) is 0. The van der Waals surface area contributed by atoms with Crippen molar-refractivity contribution in [2.24, 2.45) is 0 Å². The van der Waals surface area contributed by atoms with Crippen LogP contribution in [-0.4, -0.2) is 7.85 Å². The van der Waals surface area contributed by atoms with Crippen molar-refractivity contribution in [1.29, 1.82) is 0 Å². The molecule has 0 amide bonds. The van der Waals surface area contributed by atoms with Gasteiger partial charge >= 0.3 is 0 Å². The number of hydrogen-bond donors (Lipinski definition) is 0. The van der Waals surface area contributed by atoms with Crippen molar-refractivity contribution in [2.45, 2.75) is 25.7 Å². The van der Waals surface area contributed by atoms with E-state index in [1.807, 2.05) is 0 Å². The molecule has 2 aromatic rings. The van der Waals surface area contributed by atoms with Crippen LogP contribution in [0.1, 0.15) is 24.0 Å². The van der Waals surface area contributed by atoms with Crippen LogP contribution in [0.5, 0.6) is 0 Å². The van der Waals surface area contributed by atoms with E-state index in [1.54, 1.807) is 27.4 Å². The van der Waals surface area contributed by atoms with Crippen molar-refractivity contribution in [3.8, 4) is 0 Å². The number of rotatable bonds is 0. The molecule has 0 N–H and O–H groups in total. The van der Waals surface area contributed by atoms with E-state index >= 15 is 0 Å². The fraction of sp³-hybridized carbons (Fsp3) is 0.250. The monoisotopic (exact) mass is 218 g/mol. The number of hydrogen-bond acceptors (Lipinski definition) is 0. The van der Waals surface area contributed by atoms with E-state index in [0.29, 0.717) is 0 Å². The summed E-state index contributed by atoms with van der Waals surface area (Å²) in [6.07, 6.45) is 7.26. The molecule has 0 heterocycles. The molecule has 0 bridgehead atoms. The second-order valence-electron chi connectivity index (χ2n) is 5.36. The van der Waals surface area contributed by atoms with Crippen LogP contribution >= 0.6 is 0 Å². The minimum absolute atomic E-state index is 1.20. The highest BCUT2D eigenvalue weighted by Crippen LogP contribution is 2.24. The standard InChI is InChI=1S/C16H15B/c17-14-9-7-12-5-4-10-2-1-3-11-6-8-13(14)16(12)15(10)11/h2,4-6,8H,1,3,7,9,17H2. The zero-order chi connectivity index (χ0) is 11.4. The third-order valence-corrected chi connectivity index (χ3v) is 4.37. The van der Waals surface area contributed by atoms with Gasteiger partial charge in [0.25, 0.3) is 0 Å². The fourth-order valence-corrected chi connectivity index (χ4v) is 3.45. The van der Waals surface area contributed by atoms with Crippen LogP contribution in [-0.2, 0) is 12.8 Å². The molecule has 4 rings (SSSR count). The first kappa shape index (κ1) is 9.53. The minimum atomic E-state index is 1.20. The van der Waals surface area contributed by atoms with Crippen LogP contribution in [0.15, 0.2) is 24.3 Å². The summed E-state index contributed by atoms with van der Waals surface area (Å²) < 4.78 is 0. The third-order valence-electron chi connectivity index (χ3n) is 4.37. The van der Waals surface area contributed by atoms with Gasteiger partial charge in [-0.1, -0.05) is 30.3 Å². The lowest BCUT2D eigenvalue weighted by atomic mass is 9.79. The highest BCUT2D eigenvalue weighted by Gasteiger charge is 2.14. The lowest BCUT2D eigenvalue weighted by Crippen LogP contribution is -2.21. The van der Waals surface area contributed by atoms with Crippen molar-refractivity contribution in [1.82, 2.24) is 0 Å². The van der Waals surface area contributed by atoms with Gasteiger partial charge in [0.2, 0.25) is 0 Å². The van der Waals surface area contributed by atoms with Crippen molar-refractivity contribution in [3.63, 3.8) is 0 Å². The molecule has 0 nitrogen and oxygen atoms in total. The Morgan fingerprint density at radius 2 is 1.65 bits per heavy atom. The molecule has 0 saturated carbocycles. The topological polar surface area (TPSA) is 0 Å². The van der Waals surface area contributed by atoms with Crippen LogP contribution in [0.25, 0.3) is 22.3 Å². The molecule has 0 radical (unpaired) electrons. The summed E-state index contributed by atoms with van der Waals surface area (Å²) >= 11 is 0. The maximum absolute atomic E-state index is 2.40. The van der Waals surface area contributed by atoms with Gasteiger partial charge in [0, 0.05) is 0 Å². The van der Waals surface area contributed by atoms with Crippen LogP contribution < -0.4 is 10.4 Å². The lowest BCUT2D eigenvalue weighted by Gasteiger charge is -2.19. The molecule has 0 aliphatic heterocycles. The van der Waals surface area contributed by atoms with Gasteiger partial charge < -0.3 is 0 Å². The average Bonchev–Trinajstić information content (AvgIpc) is 2.38. The molecule has 0 fully saturated rings. The van der Waals surface area contributed by atoms with E-state index in [1.165, 1.54) is 36.1 Å². The minimum Gasteiger partial charge on any atom is -0.102 e. The number of benzene rings is 2. The molecule has 0 atom stereocenters. The molecule has 0 spiro atoms. The van der Waals surface area contributed by atoms with Crippen molar-refractivity contribution in [2.75, 3.05) is 0 Å². The molecule has 2 aromatic carbocycles. The summed E-state index contributed by atoms with van der Waals surface area (Å²) in [5, 5.41) is 6.06. The maximum Gasteiger partial charge on any atom is 0.134 e. The molecule has 0 aromatic heterocycles. The van der Waals surface area contributed by atoms with Gasteiger partial charge in [-0.2, -0.15) is 0 Å². The lowest BCUT2D eigenvalue weighted by molar-refractivity contribution is 1.01. The highest BCUT2D eigenvalue weighted by atomic mass is 14.2. The Balaban J connectivity index is 2.39. The summed E-state index contributed by atoms with van der Waals surface area (Å²) in [4.78, 5) is 0. The van der Waals surface area contributed by atoms with Crippen molar-refractivity contribution < 1.29 is 0 Å². The normalized spacial score (nSPS) is 17.1. The van der Waals surface area contributed by atoms with Gasteiger partial charge in [-0.15, -0.1) is 5.47 Å². The summed E-state index contributed by atoms with van der Waals surface area (Å²) in [7, 11) is 2.29. The molecule has 17 heavy (non-hydrogen) atoms. The Morgan fingerprint density at radius 1 is 0.824 bits per heavy atom. The Morgan fingerprint density at radius 3 is 2.59 bits per heavy atom. The van der Waals surface area contributed by atoms with E-state index in [-0.39, 0.29) is 0 Å². The summed E-state index contributed by atoms with van der Waals surface area (Å²) in [6.45, 7) is 0. The van der Waals surface area contributed by atoms with Crippen molar-refractivity contribution in [3.05, 3.63) is 45.8 Å². The largest absolute Gasteiger partial charge is 0.134 e. The third kappa shape index (κ3) is 1.20. The first-order valence-electron chi connectivity index (χ1n) is 6.58. The van der Waals surface area contributed by atoms with E-state index in [2.05, 4.69) is 38.2 Å². The predicted octanol–water partition coefficient (Wildman–Crippen LogP) is 1.25. The van der Waals surface area contributed by atoms with Gasteiger partial charge in [0.1, 0.15) is 7.85 Å². The smallest absolute Gasteiger partial charge is 0.102 e. The molecule has 82 valence electrons. The summed E-state index contributed by atoms with van der Waals surface area (Å²) in [6, 6.07) is 9.38. The second-order valence-corrected chi connectivity index (χ2v) is 5.36. The van der Waals surface area contributed by atoms with Gasteiger partial charge in [0.05, 0.1) is 0 Å². The zero-order valence-corrected chi connectivity index (χ0v) is 10.2. The highest BCUT2D eigenvalue weighted by molar-refractivity contribution is 6.39. The van der Waals surface area contributed by atoms with Crippen LogP contribution in [0.2, 0.25) is 0 Å². The Kier molecular flexibility index (Phi) is 1.82. The zero-order valence-electron chi connectivity index (χ0n) is 10.2. The maximum atomic E-state index is 2.40. The Labute approximate surface area is 102 Å². The molecule has 0 unspecified atom stereocenters. The molecule has 1 heteroatoms. The SMILES string of the molecule is BC1=c2ccc3c4c(ccc(c24)CC1)=CCC3. The Hall–Kier alpha value is -1.50.